The van der Waals surface area contributed by atoms with Crippen molar-refractivity contribution in [2.75, 3.05) is 0 Å². The average Bonchev–Trinajstić information content (AvgIpc) is 2.72. The Morgan fingerprint density at radius 2 is 2.24 bits per heavy atom. The minimum Gasteiger partial charge on any atom is -0.439 e. The van der Waals surface area contributed by atoms with E-state index in [-0.39, 0.29) is 6.92 Å². The zero-order valence-electron chi connectivity index (χ0n) is 9.59. The summed E-state index contributed by atoms with van der Waals surface area (Å²) in [5, 5.41) is 0. The lowest BCUT2D eigenvalue weighted by Crippen LogP contribution is -2.23. The molecule has 17 heavy (non-hydrogen) atoms. The summed E-state index contributed by atoms with van der Waals surface area (Å²) >= 11 is 0. The quantitative estimate of drug-likeness (QED) is 0.734. The van der Waals surface area contributed by atoms with Crippen molar-refractivity contribution >= 4 is 12.4 Å². The zero-order valence-corrected chi connectivity index (χ0v) is 9.59. The first kappa shape index (κ1) is 10.4. The number of hydrogen-bond acceptors (Lipinski definition) is 3. The second kappa shape index (κ2) is 4.22. The Balaban J connectivity index is 1.86. The van der Waals surface area contributed by atoms with Gasteiger partial charge < -0.3 is 9.39 Å². The molecule has 0 atom stereocenters. The van der Waals surface area contributed by atoms with Gasteiger partial charge in [0, 0.05) is 12.3 Å². The minimum absolute atomic E-state index is 0.189. The lowest BCUT2D eigenvalue weighted by atomic mass is 9.64. The van der Waals surface area contributed by atoms with Gasteiger partial charge in [-0.05, 0) is 29.2 Å². The molecule has 0 saturated heterocycles. The van der Waals surface area contributed by atoms with Crippen LogP contribution in [0.2, 0.25) is 6.82 Å². The van der Waals surface area contributed by atoms with E-state index in [1.54, 1.807) is 6.20 Å². The standard InChI is InChI=1S/C13H12BNO2/c1-14-12-6-5-11(8-10(12)9-16-14)17-13-4-2-3-7-15-13/h2-8H,9H2,1H3. The molecule has 0 saturated carbocycles. The van der Waals surface area contributed by atoms with Gasteiger partial charge in [-0.3, -0.25) is 0 Å². The smallest absolute Gasteiger partial charge is 0.324 e. The Morgan fingerprint density at radius 3 is 3.06 bits per heavy atom. The minimum atomic E-state index is 0.189. The number of nitrogens with zero attached hydrogens (tertiary/aromatic N) is 1. The number of hydrogen-bond donors (Lipinski definition) is 0. The van der Waals surface area contributed by atoms with Crippen LogP contribution in [0.3, 0.4) is 0 Å². The van der Waals surface area contributed by atoms with Gasteiger partial charge in [0.15, 0.2) is 0 Å². The number of rotatable bonds is 2. The highest BCUT2D eigenvalue weighted by molar-refractivity contribution is 6.67. The molecule has 2 aromatic rings. The van der Waals surface area contributed by atoms with Gasteiger partial charge >= 0.3 is 6.92 Å². The lowest BCUT2D eigenvalue weighted by Gasteiger charge is -2.06. The van der Waals surface area contributed by atoms with Crippen LogP contribution in [0, 0.1) is 0 Å². The largest absolute Gasteiger partial charge is 0.439 e. The fourth-order valence-electron chi connectivity index (χ4n) is 2.00. The summed E-state index contributed by atoms with van der Waals surface area (Å²) in [7, 11) is 0. The molecule has 0 radical (unpaired) electrons. The van der Waals surface area contributed by atoms with Gasteiger partial charge in [0.25, 0.3) is 0 Å². The van der Waals surface area contributed by atoms with Crippen molar-refractivity contribution in [3.63, 3.8) is 0 Å². The van der Waals surface area contributed by atoms with Gasteiger partial charge in [-0.1, -0.05) is 19.0 Å². The monoisotopic (exact) mass is 225 g/mol. The maximum Gasteiger partial charge on any atom is 0.324 e. The van der Waals surface area contributed by atoms with Gasteiger partial charge in [-0.25, -0.2) is 4.98 Å². The van der Waals surface area contributed by atoms with Crippen molar-refractivity contribution in [3.05, 3.63) is 48.2 Å². The van der Waals surface area contributed by atoms with E-state index in [0.717, 1.165) is 5.75 Å². The molecule has 84 valence electrons. The van der Waals surface area contributed by atoms with Gasteiger partial charge in [0.1, 0.15) is 5.75 Å². The van der Waals surface area contributed by atoms with Crippen molar-refractivity contribution in [2.45, 2.75) is 13.4 Å². The van der Waals surface area contributed by atoms with Crippen LogP contribution in [-0.4, -0.2) is 11.9 Å². The van der Waals surface area contributed by atoms with E-state index in [9.17, 15) is 0 Å². The van der Waals surface area contributed by atoms with E-state index in [2.05, 4.69) is 17.9 Å². The van der Waals surface area contributed by atoms with Gasteiger partial charge in [0.2, 0.25) is 5.88 Å². The Bertz CT molecular complexity index is 530. The molecule has 4 heteroatoms. The average molecular weight is 225 g/mol. The second-order valence-electron chi connectivity index (χ2n) is 4.08. The second-order valence-corrected chi connectivity index (χ2v) is 4.08. The lowest BCUT2D eigenvalue weighted by molar-refractivity contribution is 0.333. The molecule has 1 aromatic heterocycles. The van der Waals surface area contributed by atoms with Crippen LogP contribution < -0.4 is 10.2 Å². The normalized spacial score (nSPS) is 13.6. The van der Waals surface area contributed by atoms with Crippen LogP contribution in [0.5, 0.6) is 11.6 Å². The summed E-state index contributed by atoms with van der Waals surface area (Å²) in [6, 6.07) is 11.6. The van der Waals surface area contributed by atoms with Gasteiger partial charge in [-0.2, -0.15) is 0 Å². The molecule has 0 N–H and O–H groups in total. The molecule has 2 heterocycles. The zero-order chi connectivity index (χ0) is 11.7. The highest BCUT2D eigenvalue weighted by Crippen LogP contribution is 2.22. The topological polar surface area (TPSA) is 31.4 Å². The predicted molar refractivity (Wildman–Crippen MR) is 66.8 cm³/mol. The Kier molecular flexibility index (Phi) is 2.57. The molecule has 0 bridgehead atoms. The molecular formula is C13H12BNO2. The van der Waals surface area contributed by atoms with Crippen molar-refractivity contribution in [3.8, 4) is 11.6 Å². The Labute approximate surface area is 101 Å². The first-order valence-electron chi connectivity index (χ1n) is 5.66. The molecule has 1 aliphatic heterocycles. The maximum absolute atomic E-state index is 5.67. The molecule has 3 rings (SSSR count). The van der Waals surface area contributed by atoms with Crippen LogP contribution in [-0.2, 0) is 11.3 Å². The van der Waals surface area contributed by atoms with E-state index in [4.69, 9.17) is 9.39 Å². The highest BCUT2D eigenvalue weighted by Gasteiger charge is 2.23. The number of benzene rings is 1. The molecule has 1 aromatic carbocycles. The van der Waals surface area contributed by atoms with E-state index < -0.39 is 0 Å². The predicted octanol–water partition coefficient (Wildman–Crippen LogP) is 2.23. The first-order chi connectivity index (χ1) is 8.33. The van der Waals surface area contributed by atoms with Crippen LogP contribution in [0.4, 0.5) is 0 Å². The van der Waals surface area contributed by atoms with Crippen molar-refractivity contribution < 1.29 is 9.39 Å². The molecule has 0 unspecified atom stereocenters. The maximum atomic E-state index is 5.67. The summed E-state index contributed by atoms with van der Waals surface area (Å²) < 4.78 is 11.2. The van der Waals surface area contributed by atoms with Gasteiger partial charge in [0.05, 0.1) is 6.61 Å². The first-order valence-corrected chi connectivity index (χ1v) is 5.66. The molecule has 0 spiro atoms. The number of fused-ring (bicyclic) bond motifs is 1. The van der Waals surface area contributed by atoms with Crippen molar-refractivity contribution in [1.82, 2.24) is 4.98 Å². The third-order valence-electron chi connectivity index (χ3n) is 2.90. The fraction of sp³-hybridized carbons (Fsp3) is 0.154. The van der Waals surface area contributed by atoms with Crippen molar-refractivity contribution in [1.29, 1.82) is 0 Å². The van der Waals surface area contributed by atoms with Gasteiger partial charge in [-0.15, -0.1) is 0 Å². The molecule has 3 nitrogen and oxygen atoms in total. The van der Waals surface area contributed by atoms with E-state index in [1.165, 1.54) is 11.0 Å². The molecule has 0 amide bonds. The van der Waals surface area contributed by atoms with E-state index in [0.29, 0.717) is 12.5 Å². The van der Waals surface area contributed by atoms with E-state index in [1.807, 2.05) is 30.3 Å². The fourth-order valence-corrected chi connectivity index (χ4v) is 2.00. The van der Waals surface area contributed by atoms with Crippen LogP contribution in [0.15, 0.2) is 42.6 Å². The third kappa shape index (κ3) is 2.04. The Morgan fingerprint density at radius 1 is 1.29 bits per heavy atom. The van der Waals surface area contributed by atoms with Crippen LogP contribution in [0.1, 0.15) is 5.56 Å². The van der Waals surface area contributed by atoms with Crippen molar-refractivity contribution in [2.24, 2.45) is 0 Å². The molecular weight excluding hydrogens is 213 g/mol. The summed E-state index contributed by atoms with van der Waals surface area (Å²) in [4.78, 5) is 4.13. The van der Waals surface area contributed by atoms with Crippen LogP contribution >= 0.6 is 0 Å². The SMILES string of the molecule is CB1OCc2cc(Oc3ccccn3)ccc21. The van der Waals surface area contributed by atoms with E-state index >= 15 is 0 Å². The molecule has 0 aliphatic carbocycles. The summed E-state index contributed by atoms with van der Waals surface area (Å²) in [5.41, 5.74) is 2.45. The highest BCUT2D eigenvalue weighted by atomic mass is 16.5. The summed E-state index contributed by atoms with van der Waals surface area (Å²) in [5.74, 6) is 1.42. The number of ether oxygens (including phenoxy) is 1. The molecule has 1 aliphatic rings. The summed E-state index contributed by atoms with van der Waals surface area (Å²) in [6.45, 7) is 2.91. The Hall–Kier alpha value is -1.81. The van der Waals surface area contributed by atoms with Crippen LogP contribution in [0.25, 0.3) is 0 Å². The third-order valence-corrected chi connectivity index (χ3v) is 2.90. The number of pyridine rings is 1. The summed E-state index contributed by atoms with van der Waals surface area (Å²) in [6.07, 6.45) is 1.72. The molecule has 0 fully saturated rings. The number of aromatic nitrogens is 1.